The van der Waals surface area contributed by atoms with Gasteiger partial charge in [0.1, 0.15) is 0 Å². The first-order valence-corrected chi connectivity index (χ1v) is 1.14. The van der Waals surface area contributed by atoms with E-state index in [0.717, 1.165) is 0 Å². The van der Waals surface area contributed by atoms with Crippen LogP contribution in [0.2, 0.25) is 0 Å². The Morgan fingerprint density at radius 3 is 1.67 bits per heavy atom. The van der Waals surface area contributed by atoms with Crippen LogP contribution in [0.25, 0.3) is 0 Å². The number of hydrogen-bond acceptors (Lipinski definition) is 5. The molecule has 0 saturated carbocycles. The zero-order valence-corrected chi connectivity index (χ0v) is 2.74. The van der Waals surface area contributed by atoms with Crippen molar-refractivity contribution >= 4 is 7.19 Å². The van der Waals surface area contributed by atoms with Crippen molar-refractivity contribution in [3.63, 3.8) is 0 Å². The molecule has 6 heteroatoms. The molecule has 1 N–H and O–H groups in total. The van der Waals surface area contributed by atoms with Crippen LogP contribution in [-0.4, -0.2) is 12.2 Å². The van der Waals surface area contributed by atoms with E-state index in [9.17, 15) is 0 Å². The summed E-state index contributed by atoms with van der Waals surface area (Å²) in [5, 5.41) is 11.4. The largest absolute Gasteiger partial charge is 0.665 e. The summed E-state index contributed by atoms with van der Waals surface area (Å²) in [6.45, 7) is 0. The first-order chi connectivity index (χ1) is 2.81. The van der Waals surface area contributed by atoms with Gasteiger partial charge >= 0.3 is 7.19 Å². The Bertz CT molecular complexity index is 53.8. The molecule has 0 aliphatic carbocycles. The second-order valence-electron chi connectivity index (χ2n) is 0.557. The summed E-state index contributed by atoms with van der Waals surface area (Å²) in [6, 6.07) is 0. The molecule has 0 rings (SSSR count). The Balaban J connectivity index is 3.21. The highest BCUT2D eigenvalue weighted by Crippen LogP contribution is 1.73. The van der Waals surface area contributed by atoms with Crippen molar-refractivity contribution < 1.29 is 5.02 Å². The van der Waals surface area contributed by atoms with Crippen LogP contribution in [0.15, 0.2) is 10.2 Å². The normalized spacial score (nSPS) is 6.83. The molecular weight excluding hydrogens is 86.8 g/mol. The van der Waals surface area contributed by atoms with E-state index in [1.165, 1.54) is 0 Å². The third-order valence-corrected chi connectivity index (χ3v) is 0.189. The predicted molar refractivity (Wildman–Crippen MR) is 19.6 cm³/mol. The molecule has 0 heterocycles. The monoisotopic (exact) mass is 88.0 g/mol. The molecule has 6 heavy (non-hydrogen) atoms. The molecule has 0 aromatic carbocycles. The molecule has 0 aliphatic heterocycles. The molecular formula is HBN2O3. The minimum Gasteiger partial charge on any atom is -0.407 e. The zero-order valence-electron chi connectivity index (χ0n) is 2.74. The minimum absolute atomic E-state index is 1.83. The molecule has 0 radical (unpaired) electrons. The average molecular weight is 87.8 g/mol. The highest BCUT2D eigenvalue weighted by Gasteiger charge is 2.10. The van der Waals surface area contributed by atoms with Crippen molar-refractivity contribution in [1.29, 1.82) is 0 Å². The summed E-state index contributed by atoms with van der Waals surface area (Å²) in [4.78, 5) is 17.9. The van der Waals surface area contributed by atoms with Gasteiger partial charge < -0.3 is 5.02 Å². The molecule has 0 aromatic heterocycles. The van der Waals surface area contributed by atoms with Crippen LogP contribution in [0.3, 0.4) is 0 Å². The van der Waals surface area contributed by atoms with Crippen molar-refractivity contribution in [3.8, 4) is 0 Å². The molecule has 0 fully saturated rings. The van der Waals surface area contributed by atoms with E-state index >= 15 is 0 Å². The first-order valence-electron chi connectivity index (χ1n) is 1.14. The fourth-order valence-corrected chi connectivity index (χ4v) is 0.0192. The maximum absolute atomic E-state index is 8.94. The molecule has 0 spiro atoms. The van der Waals surface area contributed by atoms with E-state index in [1.54, 1.807) is 0 Å². The molecule has 32 valence electrons. The van der Waals surface area contributed by atoms with Crippen molar-refractivity contribution in [2.24, 2.45) is 10.2 Å². The van der Waals surface area contributed by atoms with Crippen LogP contribution in [0.4, 0.5) is 0 Å². The van der Waals surface area contributed by atoms with Gasteiger partial charge in [-0.1, -0.05) is 10.2 Å². The van der Waals surface area contributed by atoms with Crippen LogP contribution in [-0.2, 0) is 0 Å². The molecule has 0 aromatic rings. The second-order valence-corrected chi connectivity index (χ2v) is 0.557. The lowest BCUT2D eigenvalue weighted by molar-refractivity contribution is 0.573. The summed E-state index contributed by atoms with van der Waals surface area (Å²) in [7, 11) is -1.93. The van der Waals surface area contributed by atoms with E-state index in [1.807, 2.05) is 10.2 Å². The molecule has 0 bridgehead atoms. The van der Waals surface area contributed by atoms with E-state index < -0.39 is 7.19 Å². The SMILES string of the molecule is O=NB(O)N=O. The van der Waals surface area contributed by atoms with Gasteiger partial charge in [0, 0.05) is 0 Å². The Morgan fingerprint density at radius 2 is 1.67 bits per heavy atom. The lowest BCUT2D eigenvalue weighted by atomic mass is 10.1. The topological polar surface area (TPSA) is 79.1 Å². The highest BCUT2D eigenvalue weighted by atomic mass is 16.3. The van der Waals surface area contributed by atoms with Crippen molar-refractivity contribution in [2.75, 3.05) is 0 Å². The Labute approximate surface area is 33.5 Å². The summed E-state index contributed by atoms with van der Waals surface area (Å²) in [6.07, 6.45) is 0. The molecule has 0 aliphatic rings. The van der Waals surface area contributed by atoms with Crippen LogP contribution in [0.5, 0.6) is 0 Å². The smallest absolute Gasteiger partial charge is 0.407 e. The van der Waals surface area contributed by atoms with Gasteiger partial charge in [-0.2, -0.15) is 9.81 Å². The Hall–Kier alpha value is -0.775. The van der Waals surface area contributed by atoms with E-state index in [0.29, 0.717) is 0 Å². The average Bonchev–Trinajstić information content (AvgIpc) is 1.65. The van der Waals surface area contributed by atoms with Crippen molar-refractivity contribution in [3.05, 3.63) is 9.81 Å². The minimum atomic E-state index is -1.93. The van der Waals surface area contributed by atoms with Gasteiger partial charge in [0.05, 0.1) is 0 Å². The van der Waals surface area contributed by atoms with Crippen LogP contribution < -0.4 is 0 Å². The van der Waals surface area contributed by atoms with Crippen LogP contribution >= 0.6 is 0 Å². The van der Waals surface area contributed by atoms with Gasteiger partial charge in [-0.3, -0.25) is 0 Å². The lowest BCUT2D eigenvalue weighted by Crippen LogP contribution is -2.00. The third-order valence-electron chi connectivity index (χ3n) is 0.189. The number of hydrogen-bond donors (Lipinski definition) is 1. The standard InChI is InChI=1S/BHN2O3/c4-1(2-5)3-6/h4H. The third kappa shape index (κ3) is 1.54. The van der Waals surface area contributed by atoms with Gasteiger partial charge in [-0.05, 0) is 0 Å². The lowest BCUT2D eigenvalue weighted by Gasteiger charge is -1.68. The summed E-state index contributed by atoms with van der Waals surface area (Å²) < 4.78 is 0. The summed E-state index contributed by atoms with van der Waals surface area (Å²) >= 11 is 0. The van der Waals surface area contributed by atoms with Crippen molar-refractivity contribution in [2.45, 2.75) is 0 Å². The molecule has 5 nitrogen and oxygen atoms in total. The quantitative estimate of drug-likeness (QED) is 0.364. The van der Waals surface area contributed by atoms with Crippen LogP contribution in [0.1, 0.15) is 0 Å². The van der Waals surface area contributed by atoms with Gasteiger partial charge in [0.2, 0.25) is 0 Å². The Kier molecular flexibility index (Phi) is 2.14. The number of nitroso groups, excluding NO2 is 2. The maximum atomic E-state index is 8.94. The second kappa shape index (κ2) is 2.46. The van der Waals surface area contributed by atoms with E-state index in [2.05, 4.69) is 0 Å². The maximum Gasteiger partial charge on any atom is 0.665 e. The van der Waals surface area contributed by atoms with E-state index in [4.69, 9.17) is 14.8 Å². The first kappa shape index (κ1) is 5.22. The highest BCUT2D eigenvalue weighted by molar-refractivity contribution is 6.45. The fourth-order valence-electron chi connectivity index (χ4n) is 0.0192. The summed E-state index contributed by atoms with van der Waals surface area (Å²) in [5.41, 5.74) is 0. The molecule has 0 saturated heterocycles. The van der Waals surface area contributed by atoms with Gasteiger partial charge in [-0.25, -0.2) is 0 Å². The van der Waals surface area contributed by atoms with Gasteiger partial charge in [-0.15, -0.1) is 0 Å². The summed E-state index contributed by atoms with van der Waals surface area (Å²) in [5.74, 6) is 0. The number of nitrogens with zero attached hydrogens (tertiary/aromatic N) is 2. The Morgan fingerprint density at radius 1 is 1.33 bits per heavy atom. The van der Waals surface area contributed by atoms with Gasteiger partial charge in [0.25, 0.3) is 0 Å². The molecule has 0 amide bonds. The fraction of sp³-hybridized carbons (Fsp3) is 0. The van der Waals surface area contributed by atoms with Crippen LogP contribution in [0, 0.1) is 9.81 Å². The predicted octanol–water partition coefficient (Wildman–Crippen LogP) is -0.504. The van der Waals surface area contributed by atoms with Crippen molar-refractivity contribution in [1.82, 2.24) is 0 Å². The number of rotatable bonds is 2. The molecule has 0 unspecified atom stereocenters. The molecule has 0 atom stereocenters. The van der Waals surface area contributed by atoms with Gasteiger partial charge in [0.15, 0.2) is 0 Å². The zero-order chi connectivity index (χ0) is 4.99. The van der Waals surface area contributed by atoms with E-state index in [-0.39, 0.29) is 0 Å².